The van der Waals surface area contributed by atoms with E-state index in [1.807, 2.05) is 0 Å². The summed E-state index contributed by atoms with van der Waals surface area (Å²) in [5, 5.41) is 6.56. The Morgan fingerprint density at radius 1 is 1.43 bits per heavy atom. The molecule has 2 saturated heterocycles. The summed E-state index contributed by atoms with van der Waals surface area (Å²) in [5.74, 6) is 0.656. The minimum absolute atomic E-state index is 0.0427. The van der Waals surface area contributed by atoms with E-state index in [9.17, 15) is 4.79 Å². The highest BCUT2D eigenvalue weighted by molar-refractivity contribution is 5.82. The third-order valence-corrected chi connectivity index (χ3v) is 2.85. The molecule has 5 heteroatoms. The molecule has 0 radical (unpaired) electrons. The molecule has 5 nitrogen and oxygen atoms in total. The molecule has 0 bridgehead atoms. The lowest BCUT2D eigenvalue weighted by Crippen LogP contribution is -2.42. The van der Waals surface area contributed by atoms with Crippen LogP contribution in [0.2, 0.25) is 0 Å². The largest absolute Gasteiger partial charge is 0.317 e. The molecule has 0 aliphatic carbocycles. The van der Waals surface area contributed by atoms with Crippen molar-refractivity contribution < 1.29 is 9.63 Å². The molecule has 1 amide bonds. The first kappa shape index (κ1) is 9.89. The second kappa shape index (κ2) is 4.72. The average molecular weight is 199 g/mol. The van der Waals surface area contributed by atoms with E-state index in [0.717, 1.165) is 19.6 Å². The van der Waals surface area contributed by atoms with Gasteiger partial charge in [0.1, 0.15) is 6.04 Å². The molecule has 0 saturated carbocycles. The molecule has 0 aromatic carbocycles. The molecule has 3 N–H and O–H groups in total. The topological polar surface area (TPSA) is 62.4 Å². The van der Waals surface area contributed by atoms with Gasteiger partial charge in [-0.05, 0) is 38.4 Å². The molecular weight excluding hydrogens is 182 g/mol. The van der Waals surface area contributed by atoms with Crippen LogP contribution in [0.3, 0.4) is 0 Å². The van der Waals surface area contributed by atoms with Gasteiger partial charge in [0.15, 0.2) is 0 Å². The van der Waals surface area contributed by atoms with Gasteiger partial charge in [0, 0.05) is 0 Å². The van der Waals surface area contributed by atoms with Crippen LogP contribution in [0, 0.1) is 5.92 Å². The fourth-order valence-corrected chi connectivity index (χ4v) is 1.89. The standard InChI is InChI=1S/C9H17N3O2/c13-9-8(6-14-12-9)11-5-7-1-3-10-4-2-7/h7-8,10-11H,1-6H2,(H,12,13). The van der Waals surface area contributed by atoms with Gasteiger partial charge in [0.2, 0.25) is 0 Å². The van der Waals surface area contributed by atoms with Crippen molar-refractivity contribution in [2.45, 2.75) is 18.9 Å². The van der Waals surface area contributed by atoms with Crippen molar-refractivity contribution in [3.05, 3.63) is 0 Å². The lowest BCUT2D eigenvalue weighted by molar-refractivity contribution is -0.125. The summed E-state index contributed by atoms with van der Waals surface area (Å²) >= 11 is 0. The molecule has 2 fully saturated rings. The van der Waals surface area contributed by atoms with Gasteiger partial charge in [-0.15, -0.1) is 0 Å². The number of hydroxylamine groups is 1. The van der Waals surface area contributed by atoms with Crippen LogP contribution in [0.4, 0.5) is 0 Å². The number of nitrogens with one attached hydrogen (secondary N) is 3. The Morgan fingerprint density at radius 2 is 2.21 bits per heavy atom. The van der Waals surface area contributed by atoms with E-state index < -0.39 is 0 Å². The smallest absolute Gasteiger partial charge is 0.263 e. The maximum atomic E-state index is 11.1. The maximum absolute atomic E-state index is 11.1. The fraction of sp³-hybridized carbons (Fsp3) is 0.889. The highest BCUT2D eigenvalue weighted by atomic mass is 16.7. The van der Waals surface area contributed by atoms with Crippen LogP contribution >= 0.6 is 0 Å². The zero-order valence-electron chi connectivity index (χ0n) is 8.21. The molecule has 2 heterocycles. The molecule has 2 aliphatic heterocycles. The van der Waals surface area contributed by atoms with Gasteiger partial charge in [-0.25, -0.2) is 5.48 Å². The van der Waals surface area contributed by atoms with Crippen molar-refractivity contribution in [2.24, 2.45) is 5.92 Å². The van der Waals surface area contributed by atoms with Crippen LogP contribution in [-0.4, -0.2) is 38.2 Å². The van der Waals surface area contributed by atoms with Gasteiger partial charge < -0.3 is 10.6 Å². The maximum Gasteiger partial charge on any atom is 0.263 e. The first-order valence-electron chi connectivity index (χ1n) is 5.22. The molecule has 2 rings (SSSR count). The number of amides is 1. The minimum atomic E-state index is -0.148. The first-order chi connectivity index (χ1) is 6.86. The Hall–Kier alpha value is -0.650. The highest BCUT2D eigenvalue weighted by Gasteiger charge is 2.25. The zero-order chi connectivity index (χ0) is 9.80. The molecule has 0 aromatic heterocycles. The second-order valence-corrected chi connectivity index (χ2v) is 3.93. The van der Waals surface area contributed by atoms with Crippen LogP contribution < -0.4 is 16.1 Å². The number of hydrogen-bond donors (Lipinski definition) is 3. The van der Waals surface area contributed by atoms with Gasteiger partial charge in [-0.3, -0.25) is 9.63 Å². The summed E-state index contributed by atoms with van der Waals surface area (Å²) in [4.78, 5) is 16.0. The fourth-order valence-electron chi connectivity index (χ4n) is 1.89. The molecule has 0 spiro atoms. The minimum Gasteiger partial charge on any atom is -0.317 e. The van der Waals surface area contributed by atoms with Crippen molar-refractivity contribution in [2.75, 3.05) is 26.2 Å². The van der Waals surface area contributed by atoms with Gasteiger partial charge >= 0.3 is 0 Å². The summed E-state index contributed by atoms with van der Waals surface area (Å²) in [6.45, 7) is 3.56. The number of carbonyl (C=O) groups excluding carboxylic acids is 1. The van der Waals surface area contributed by atoms with E-state index in [2.05, 4.69) is 16.1 Å². The van der Waals surface area contributed by atoms with E-state index in [0.29, 0.717) is 12.5 Å². The number of rotatable bonds is 3. The molecule has 1 atom stereocenters. The highest BCUT2D eigenvalue weighted by Crippen LogP contribution is 2.10. The number of hydrogen-bond acceptors (Lipinski definition) is 4. The quantitative estimate of drug-likeness (QED) is 0.546. The van der Waals surface area contributed by atoms with Crippen LogP contribution in [0.5, 0.6) is 0 Å². The SMILES string of the molecule is O=C1NOCC1NCC1CCNCC1. The van der Waals surface area contributed by atoms with E-state index in [1.54, 1.807) is 0 Å². The Bertz CT molecular complexity index is 204. The molecule has 0 aromatic rings. The van der Waals surface area contributed by atoms with Crippen molar-refractivity contribution in [3.63, 3.8) is 0 Å². The average Bonchev–Trinajstić information content (AvgIpc) is 2.63. The summed E-state index contributed by atoms with van der Waals surface area (Å²) < 4.78 is 0. The van der Waals surface area contributed by atoms with Gasteiger partial charge in [0.25, 0.3) is 5.91 Å². The summed E-state index contributed by atoms with van der Waals surface area (Å²) in [5.41, 5.74) is 2.34. The van der Waals surface area contributed by atoms with Crippen LogP contribution in [0.1, 0.15) is 12.8 Å². The van der Waals surface area contributed by atoms with E-state index in [-0.39, 0.29) is 11.9 Å². The lowest BCUT2D eigenvalue weighted by Gasteiger charge is -2.23. The third-order valence-electron chi connectivity index (χ3n) is 2.85. The lowest BCUT2D eigenvalue weighted by atomic mass is 9.98. The zero-order valence-corrected chi connectivity index (χ0v) is 8.21. The molecular formula is C9H17N3O2. The molecule has 2 aliphatic rings. The van der Waals surface area contributed by atoms with Crippen LogP contribution in [-0.2, 0) is 9.63 Å². The molecule has 1 unspecified atom stereocenters. The van der Waals surface area contributed by atoms with Crippen molar-refractivity contribution in [1.29, 1.82) is 0 Å². The van der Waals surface area contributed by atoms with E-state index in [4.69, 9.17) is 4.84 Å². The molecule has 14 heavy (non-hydrogen) atoms. The first-order valence-corrected chi connectivity index (χ1v) is 5.22. The monoisotopic (exact) mass is 199 g/mol. The Balaban J connectivity index is 1.68. The van der Waals surface area contributed by atoms with Gasteiger partial charge in [0.05, 0.1) is 6.61 Å². The predicted molar refractivity (Wildman–Crippen MR) is 51.5 cm³/mol. The van der Waals surface area contributed by atoms with Gasteiger partial charge in [-0.2, -0.15) is 0 Å². The van der Waals surface area contributed by atoms with Crippen LogP contribution in [0.25, 0.3) is 0 Å². The van der Waals surface area contributed by atoms with E-state index in [1.165, 1.54) is 12.8 Å². The Labute approximate surface area is 83.5 Å². The normalized spacial score (nSPS) is 29.1. The summed E-state index contributed by atoms with van der Waals surface area (Å²) in [6.07, 6.45) is 2.39. The van der Waals surface area contributed by atoms with Gasteiger partial charge in [-0.1, -0.05) is 0 Å². The van der Waals surface area contributed by atoms with E-state index >= 15 is 0 Å². The van der Waals surface area contributed by atoms with Crippen molar-refractivity contribution in [1.82, 2.24) is 16.1 Å². The van der Waals surface area contributed by atoms with Crippen molar-refractivity contribution in [3.8, 4) is 0 Å². The number of piperidine rings is 1. The second-order valence-electron chi connectivity index (χ2n) is 3.93. The third kappa shape index (κ3) is 2.43. The van der Waals surface area contributed by atoms with Crippen molar-refractivity contribution >= 4 is 5.91 Å². The number of carbonyl (C=O) groups is 1. The Kier molecular flexibility index (Phi) is 3.34. The summed E-state index contributed by atoms with van der Waals surface area (Å²) in [6, 6.07) is -0.148. The Morgan fingerprint density at radius 3 is 2.86 bits per heavy atom. The molecule has 80 valence electrons. The predicted octanol–water partition coefficient (Wildman–Crippen LogP) is -0.994. The summed E-state index contributed by atoms with van der Waals surface area (Å²) in [7, 11) is 0. The van der Waals surface area contributed by atoms with Crippen LogP contribution in [0.15, 0.2) is 0 Å².